The number of ether oxygens (including phenoxy) is 1. The zero-order valence-electron chi connectivity index (χ0n) is 16.9. The molecule has 1 unspecified atom stereocenters. The van der Waals surface area contributed by atoms with Crippen LogP contribution < -0.4 is 9.46 Å². The number of nitrogens with one attached hydrogen (secondary N) is 1. The van der Waals surface area contributed by atoms with Crippen molar-refractivity contribution in [1.82, 2.24) is 9.97 Å². The number of benzene rings is 2. The molecule has 5 rings (SSSR count). The number of aromatic nitrogens is 2. The summed E-state index contributed by atoms with van der Waals surface area (Å²) >= 11 is 0. The van der Waals surface area contributed by atoms with Gasteiger partial charge in [0.25, 0.3) is 10.0 Å². The van der Waals surface area contributed by atoms with E-state index in [0.717, 1.165) is 41.5 Å². The van der Waals surface area contributed by atoms with Crippen molar-refractivity contribution < 1.29 is 13.2 Å². The number of hydrogen-bond acceptors (Lipinski definition) is 5. The highest BCUT2D eigenvalue weighted by atomic mass is 32.2. The van der Waals surface area contributed by atoms with Gasteiger partial charge in [-0.25, -0.2) is 18.1 Å². The maximum absolute atomic E-state index is 13.0. The Balaban J connectivity index is 1.68. The molecular weight excluding hydrogens is 398 g/mol. The zero-order chi connectivity index (χ0) is 20.9. The van der Waals surface area contributed by atoms with Crippen LogP contribution in [0.1, 0.15) is 41.9 Å². The van der Waals surface area contributed by atoms with Crippen LogP contribution >= 0.6 is 0 Å². The van der Waals surface area contributed by atoms with Crippen molar-refractivity contribution in [2.75, 3.05) is 4.72 Å². The fourth-order valence-electron chi connectivity index (χ4n) is 4.51. The maximum Gasteiger partial charge on any atom is 0.264 e. The highest BCUT2D eigenvalue weighted by Crippen LogP contribution is 2.38. The molecule has 30 heavy (non-hydrogen) atoms. The number of rotatable bonds is 1. The van der Waals surface area contributed by atoms with Crippen LogP contribution in [-0.2, 0) is 10.0 Å². The molecule has 2 aromatic carbocycles. The molecular formula is C23H23N3O3S. The molecule has 1 aliphatic heterocycles. The van der Waals surface area contributed by atoms with Gasteiger partial charge in [0, 0.05) is 11.6 Å². The minimum atomic E-state index is -3.81. The van der Waals surface area contributed by atoms with Crippen molar-refractivity contribution in [3.05, 3.63) is 65.2 Å². The molecule has 2 heterocycles. The molecule has 3 aromatic rings. The predicted molar refractivity (Wildman–Crippen MR) is 115 cm³/mol. The van der Waals surface area contributed by atoms with E-state index in [9.17, 15) is 8.42 Å². The first-order chi connectivity index (χ1) is 14.4. The molecule has 1 fully saturated rings. The second kappa shape index (κ2) is 7.09. The van der Waals surface area contributed by atoms with Crippen molar-refractivity contribution in [3.63, 3.8) is 0 Å². The lowest BCUT2D eigenvalue weighted by molar-refractivity contribution is 0.199. The Hall–Kier alpha value is -2.93. The van der Waals surface area contributed by atoms with Gasteiger partial charge < -0.3 is 4.74 Å². The fourth-order valence-corrected chi connectivity index (χ4v) is 5.51. The van der Waals surface area contributed by atoms with E-state index >= 15 is 0 Å². The van der Waals surface area contributed by atoms with E-state index < -0.39 is 10.0 Å². The molecule has 0 spiro atoms. The third-order valence-electron chi connectivity index (χ3n) is 5.98. The third kappa shape index (κ3) is 3.43. The predicted octanol–water partition coefficient (Wildman–Crippen LogP) is 4.59. The van der Waals surface area contributed by atoms with Gasteiger partial charge >= 0.3 is 0 Å². The molecule has 2 aliphatic rings. The molecule has 1 aromatic heterocycles. The smallest absolute Gasteiger partial charge is 0.264 e. The van der Waals surface area contributed by atoms with Crippen LogP contribution in [-0.4, -0.2) is 24.5 Å². The van der Waals surface area contributed by atoms with Gasteiger partial charge in [-0.05, 0) is 67.9 Å². The average molecular weight is 422 g/mol. The van der Waals surface area contributed by atoms with Gasteiger partial charge in [0.2, 0.25) is 11.8 Å². The Labute approximate surface area is 176 Å². The number of anilines is 1. The van der Waals surface area contributed by atoms with Gasteiger partial charge in [0.1, 0.15) is 6.10 Å². The topological polar surface area (TPSA) is 81.2 Å². The van der Waals surface area contributed by atoms with Crippen LogP contribution in [0.25, 0.3) is 11.3 Å². The number of hydrogen-bond donors (Lipinski definition) is 1. The molecule has 154 valence electrons. The van der Waals surface area contributed by atoms with Crippen molar-refractivity contribution in [1.29, 1.82) is 0 Å². The second-order valence-corrected chi connectivity index (χ2v) is 9.79. The van der Waals surface area contributed by atoms with E-state index in [1.54, 1.807) is 18.2 Å². The summed E-state index contributed by atoms with van der Waals surface area (Å²) in [7, 11) is -3.81. The lowest BCUT2D eigenvalue weighted by Gasteiger charge is -2.18. The van der Waals surface area contributed by atoms with E-state index in [4.69, 9.17) is 4.74 Å². The normalized spacial score (nSPS) is 21.7. The Morgan fingerprint density at radius 3 is 2.57 bits per heavy atom. The van der Waals surface area contributed by atoms with Gasteiger partial charge in [-0.1, -0.05) is 30.3 Å². The van der Waals surface area contributed by atoms with Crippen LogP contribution in [0.2, 0.25) is 0 Å². The van der Waals surface area contributed by atoms with Gasteiger partial charge in [0.05, 0.1) is 10.6 Å². The van der Waals surface area contributed by atoms with E-state index in [-0.39, 0.29) is 22.9 Å². The Morgan fingerprint density at radius 2 is 1.77 bits per heavy atom. The monoisotopic (exact) mass is 421 g/mol. The molecule has 6 nitrogen and oxygen atoms in total. The summed E-state index contributed by atoms with van der Waals surface area (Å²) < 4.78 is 34.9. The molecule has 1 aliphatic carbocycles. The average Bonchev–Trinajstić information content (AvgIpc) is 3.15. The number of fused-ring (bicyclic) bond motifs is 7. The van der Waals surface area contributed by atoms with E-state index in [1.807, 2.05) is 44.2 Å². The Bertz CT molecular complexity index is 1220. The summed E-state index contributed by atoms with van der Waals surface area (Å²) in [5.74, 6) is 0.699. The number of nitrogens with zero attached hydrogens (tertiary/aromatic N) is 2. The first kappa shape index (κ1) is 19.1. The van der Waals surface area contributed by atoms with Crippen LogP contribution in [0, 0.1) is 13.8 Å². The fraction of sp³-hybridized carbons (Fsp3) is 0.304. The molecule has 0 saturated heterocycles. The number of aryl methyl sites for hydroxylation is 2. The van der Waals surface area contributed by atoms with Crippen LogP contribution in [0.3, 0.4) is 0 Å². The van der Waals surface area contributed by atoms with Gasteiger partial charge in [-0.3, -0.25) is 0 Å². The summed E-state index contributed by atoms with van der Waals surface area (Å²) in [6, 6.07) is 15.0. The molecule has 6 bridgehead atoms. The summed E-state index contributed by atoms with van der Waals surface area (Å²) in [6.45, 7) is 4.03. The van der Waals surface area contributed by atoms with E-state index in [2.05, 4.69) is 14.7 Å². The minimum absolute atomic E-state index is 0.0191. The van der Waals surface area contributed by atoms with Crippen LogP contribution in [0.4, 0.5) is 5.95 Å². The maximum atomic E-state index is 13.0. The van der Waals surface area contributed by atoms with Crippen molar-refractivity contribution in [2.24, 2.45) is 0 Å². The molecule has 2 atom stereocenters. The number of sulfonamides is 1. The standard InChI is InChI=1S/C23H23N3O3S/c1-14-5-3-6-15(2)22(14)20-13-21-25-23(24-20)26-30(27,28)19-8-4-7-16(12-19)17-9-10-18(11-17)29-21/h3-8,12-13,17-18H,9-11H2,1-2H3,(H,24,25,26)/t17?,18-/m1/s1. The largest absolute Gasteiger partial charge is 0.474 e. The van der Waals surface area contributed by atoms with Gasteiger partial charge in [-0.15, -0.1) is 0 Å². The highest BCUT2D eigenvalue weighted by molar-refractivity contribution is 7.92. The van der Waals surface area contributed by atoms with Crippen molar-refractivity contribution in [2.45, 2.75) is 50.0 Å². The summed E-state index contributed by atoms with van der Waals surface area (Å²) in [5.41, 5.74) is 4.76. The second-order valence-electron chi connectivity index (χ2n) is 8.11. The first-order valence-electron chi connectivity index (χ1n) is 10.1. The van der Waals surface area contributed by atoms with Gasteiger partial charge in [0.15, 0.2) is 0 Å². The molecule has 0 radical (unpaired) electrons. The molecule has 7 heteroatoms. The first-order valence-corrected chi connectivity index (χ1v) is 11.6. The van der Waals surface area contributed by atoms with Gasteiger partial charge in [-0.2, -0.15) is 4.98 Å². The summed E-state index contributed by atoms with van der Waals surface area (Å²) in [4.78, 5) is 9.15. The summed E-state index contributed by atoms with van der Waals surface area (Å²) in [6.07, 6.45) is 2.76. The van der Waals surface area contributed by atoms with Crippen LogP contribution in [0.5, 0.6) is 5.88 Å². The third-order valence-corrected chi connectivity index (χ3v) is 7.30. The quantitative estimate of drug-likeness (QED) is 0.622. The minimum Gasteiger partial charge on any atom is -0.474 e. The molecule has 0 amide bonds. The van der Waals surface area contributed by atoms with E-state index in [1.165, 1.54) is 0 Å². The lowest BCUT2D eigenvalue weighted by atomic mass is 9.98. The van der Waals surface area contributed by atoms with Crippen LogP contribution in [0.15, 0.2) is 53.4 Å². The van der Waals surface area contributed by atoms with E-state index in [0.29, 0.717) is 11.6 Å². The SMILES string of the molecule is Cc1cccc(C)c1-c1cc2nc(n1)NS(=O)(=O)c1cccc(c1)C1CC[C@H](C1)O2. The molecule has 1 N–H and O–H groups in total. The Kier molecular flexibility index (Phi) is 4.50. The van der Waals surface area contributed by atoms with Crippen molar-refractivity contribution >= 4 is 16.0 Å². The lowest BCUT2D eigenvalue weighted by Crippen LogP contribution is -2.18. The summed E-state index contributed by atoms with van der Waals surface area (Å²) in [5, 5.41) is 0. The zero-order valence-corrected chi connectivity index (χ0v) is 17.7. The molecule has 1 saturated carbocycles. The van der Waals surface area contributed by atoms with Crippen molar-refractivity contribution in [3.8, 4) is 17.1 Å². The highest BCUT2D eigenvalue weighted by Gasteiger charge is 2.30. The Morgan fingerprint density at radius 1 is 1.00 bits per heavy atom.